The van der Waals surface area contributed by atoms with E-state index < -0.39 is 23.5 Å². The van der Waals surface area contributed by atoms with E-state index in [0.717, 1.165) is 25.7 Å². The first kappa shape index (κ1) is 46.2. The fourth-order valence-electron chi connectivity index (χ4n) is 7.14. The van der Waals surface area contributed by atoms with Gasteiger partial charge in [0.1, 0.15) is 5.60 Å². The van der Waals surface area contributed by atoms with Crippen molar-refractivity contribution in [3.63, 3.8) is 0 Å². The smallest absolute Gasteiger partial charge is 0.410 e. The van der Waals surface area contributed by atoms with Crippen molar-refractivity contribution < 1.29 is 19.1 Å². The molecule has 2 N–H and O–H groups in total. The van der Waals surface area contributed by atoms with Gasteiger partial charge in [0.25, 0.3) is 0 Å². The summed E-state index contributed by atoms with van der Waals surface area (Å²) in [4.78, 5) is 41.0. The van der Waals surface area contributed by atoms with E-state index in [1.54, 1.807) is 4.90 Å². The summed E-state index contributed by atoms with van der Waals surface area (Å²) in [7, 11) is 0. The van der Waals surface area contributed by atoms with Gasteiger partial charge in [-0.05, 0) is 33.6 Å². The van der Waals surface area contributed by atoms with Crippen molar-refractivity contribution in [2.75, 3.05) is 26.2 Å². The molecule has 0 aliphatic carbocycles. The maximum atomic E-state index is 13.3. The van der Waals surface area contributed by atoms with Crippen LogP contribution in [0, 0.1) is 11.8 Å². The molecule has 0 spiro atoms. The number of amides is 3. The minimum Gasteiger partial charge on any atom is -0.444 e. The molecule has 1 saturated heterocycles. The third-order valence-corrected chi connectivity index (χ3v) is 10.3. The van der Waals surface area contributed by atoms with Crippen molar-refractivity contribution in [3.8, 4) is 0 Å². The molecular formula is C43H83N3O4. The molecule has 0 saturated carbocycles. The van der Waals surface area contributed by atoms with Crippen molar-refractivity contribution in [1.29, 1.82) is 0 Å². The molecule has 0 radical (unpaired) electrons. The topological polar surface area (TPSA) is 87.7 Å². The Kier molecular flexibility index (Phi) is 28.5. The van der Waals surface area contributed by atoms with Gasteiger partial charge in [-0.25, -0.2) is 4.79 Å². The lowest BCUT2D eigenvalue weighted by Crippen LogP contribution is -2.42. The van der Waals surface area contributed by atoms with Crippen molar-refractivity contribution in [3.05, 3.63) is 0 Å². The second-order valence-corrected chi connectivity index (χ2v) is 16.4. The Hall–Kier alpha value is -1.79. The molecule has 294 valence electrons. The molecule has 1 heterocycles. The number of carbonyl (C=O) groups is 3. The summed E-state index contributed by atoms with van der Waals surface area (Å²) in [5.74, 6) is -1.35. The van der Waals surface area contributed by atoms with Gasteiger partial charge >= 0.3 is 6.09 Å². The van der Waals surface area contributed by atoms with Crippen LogP contribution in [-0.4, -0.2) is 54.6 Å². The van der Waals surface area contributed by atoms with Crippen LogP contribution in [0.3, 0.4) is 0 Å². The van der Waals surface area contributed by atoms with Gasteiger partial charge in [0.2, 0.25) is 11.8 Å². The summed E-state index contributed by atoms with van der Waals surface area (Å²) in [6.07, 6.45) is 35.9. The zero-order valence-electron chi connectivity index (χ0n) is 33.9. The number of nitrogens with zero attached hydrogens (tertiary/aromatic N) is 1. The molecule has 3 amide bonds. The normalized spacial score (nSPS) is 16.1. The van der Waals surface area contributed by atoms with Crippen LogP contribution < -0.4 is 10.6 Å². The van der Waals surface area contributed by atoms with Gasteiger partial charge in [0, 0.05) is 26.2 Å². The maximum absolute atomic E-state index is 13.3. The highest BCUT2D eigenvalue weighted by Crippen LogP contribution is 2.26. The zero-order chi connectivity index (χ0) is 36.7. The van der Waals surface area contributed by atoms with E-state index in [0.29, 0.717) is 13.1 Å². The van der Waals surface area contributed by atoms with E-state index in [4.69, 9.17) is 4.74 Å². The highest BCUT2D eigenvalue weighted by atomic mass is 16.6. The summed E-state index contributed by atoms with van der Waals surface area (Å²) in [6, 6.07) is 0. The van der Waals surface area contributed by atoms with Crippen LogP contribution in [0.1, 0.15) is 214 Å². The largest absolute Gasteiger partial charge is 0.444 e. The maximum Gasteiger partial charge on any atom is 0.410 e. The second kappa shape index (κ2) is 30.8. The van der Waals surface area contributed by atoms with Crippen LogP contribution >= 0.6 is 0 Å². The van der Waals surface area contributed by atoms with E-state index in [2.05, 4.69) is 24.5 Å². The lowest BCUT2D eigenvalue weighted by molar-refractivity contribution is -0.132. The molecule has 1 rings (SSSR count). The molecule has 0 aromatic rings. The van der Waals surface area contributed by atoms with Crippen molar-refractivity contribution in [2.45, 2.75) is 220 Å². The predicted octanol–water partition coefficient (Wildman–Crippen LogP) is 11.7. The Bertz CT molecular complexity index is 788. The fraction of sp³-hybridized carbons (Fsp3) is 0.930. The Balaban J connectivity index is 2.27. The first-order chi connectivity index (χ1) is 24.2. The molecule has 0 unspecified atom stereocenters. The van der Waals surface area contributed by atoms with Crippen LogP contribution in [0.4, 0.5) is 4.79 Å². The number of carbonyl (C=O) groups excluding carboxylic acids is 3. The van der Waals surface area contributed by atoms with E-state index in [1.165, 1.54) is 154 Å². The van der Waals surface area contributed by atoms with Gasteiger partial charge in [0.15, 0.2) is 0 Å². The SMILES string of the molecule is CCCCCCCCCCCCCCCCNC(=O)[C@@H]1CN(C(=O)OC(C)(C)C)C[C@H]1C(=O)NCCCCCCCCCCCCCCCC. The monoisotopic (exact) mass is 706 g/mol. The van der Waals surface area contributed by atoms with Crippen molar-refractivity contribution >= 4 is 17.9 Å². The molecule has 2 atom stereocenters. The van der Waals surface area contributed by atoms with Crippen LogP contribution in [0.5, 0.6) is 0 Å². The highest BCUT2D eigenvalue weighted by molar-refractivity contribution is 5.89. The lowest BCUT2D eigenvalue weighted by atomic mass is 9.94. The summed E-state index contributed by atoms with van der Waals surface area (Å²) in [6.45, 7) is 11.7. The summed E-state index contributed by atoms with van der Waals surface area (Å²) in [5.41, 5.74) is -0.628. The molecule has 1 aliphatic heterocycles. The van der Waals surface area contributed by atoms with Crippen molar-refractivity contribution in [2.24, 2.45) is 11.8 Å². The number of hydrogen-bond acceptors (Lipinski definition) is 4. The minimum absolute atomic E-state index is 0.123. The number of hydrogen-bond donors (Lipinski definition) is 2. The summed E-state index contributed by atoms with van der Waals surface area (Å²) >= 11 is 0. The van der Waals surface area contributed by atoms with Gasteiger partial charge in [-0.1, -0.05) is 181 Å². The van der Waals surface area contributed by atoms with Gasteiger partial charge in [-0.2, -0.15) is 0 Å². The Morgan fingerprint density at radius 3 is 1.00 bits per heavy atom. The third-order valence-electron chi connectivity index (χ3n) is 10.3. The third kappa shape index (κ3) is 25.2. The van der Waals surface area contributed by atoms with Gasteiger partial charge < -0.3 is 20.3 Å². The Labute approximate surface area is 310 Å². The number of unbranched alkanes of at least 4 members (excludes halogenated alkanes) is 26. The molecule has 1 aliphatic rings. The molecule has 0 bridgehead atoms. The first-order valence-electron chi connectivity index (χ1n) is 21.7. The van der Waals surface area contributed by atoms with E-state index in [9.17, 15) is 14.4 Å². The predicted molar refractivity (Wildman–Crippen MR) is 211 cm³/mol. The molecule has 50 heavy (non-hydrogen) atoms. The van der Waals surface area contributed by atoms with Gasteiger partial charge in [0.05, 0.1) is 11.8 Å². The zero-order valence-corrected chi connectivity index (χ0v) is 33.9. The minimum atomic E-state index is -0.628. The molecule has 0 aromatic carbocycles. The molecule has 7 nitrogen and oxygen atoms in total. The summed E-state index contributed by atoms with van der Waals surface area (Å²) in [5, 5.41) is 6.17. The highest BCUT2D eigenvalue weighted by Gasteiger charge is 2.44. The van der Waals surface area contributed by atoms with Gasteiger partial charge in [-0.15, -0.1) is 0 Å². The molecular weight excluding hydrogens is 622 g/mol. The Morgan fingerprint density at radius 1 is 0.480 bits per heavy atom. The number of nitrogens with one attached hydrogen (secondary N) is 2. The molecule has 0 aromatic heterocycles. The van der Waals surface area contributed by atoms with Gasteiger partial charge in [-0.3, -0.25) is 9.59 Å². The van der Waals surface area contributed by atoms with Crippen LogP contribution in [0.25, 0.3) is 0 Å². The lowest BCUT2D eigenvalue weighted by Gasteiger charge is -2.24. The van der Waals surface area contributed by atoms with E-state index in [-0.39, 0.29) is 24.9 Å². The Morgan fingerprint density at radius 2 is 0.740 bits per heavy atom. The van der Waals surface area contributed by atoms with Crippen LogP contribution in [-0.2, 0) is 14.3 Å². The molecule has 1 fully saturated rings. The number of likely N-dealkylation sites (tertiary alicyclic amines) is 1. The average molecular weight is 706 g/mol. The molecule has 7 heteroatoms. The van der Waals surface area contributed by atoms with Crippen LogP contribution in [0.2, 0.25) is 0 Å². The van der Waals surface area contributed by atoms with E-state index >= 15 is 0 Å². The van der Waals surface area contributed by atoms with Crippen molar-refractivity contribution in [1.82, 2.24) is 15.5 Å². The second-order valence-electron chi connectivity index (χ2n) is 16.4. The average Bonchev–Trinajstić information content (AvgIpc) is 3.54. The number of ether oxygens (including phenoxy) is 1. The number of rotatable bonds is 32. The van der Waals surface area contributed by atoms with E-state index in [1.807, 2.05) is 20.8 Å². The quantitative estimate of drug-likeness (QED) is 0.0682. The summed E-state index contributed by atoms with van der Waals surface area (Å²) < 4.78 is 5.58. The standard InChI is InChI=1S/C43H83N3O4/c1-6-8-10-12-14-16-18-20-22-24-26-28-30-32-34-44-40(47)38-36-46(42(49)50-43(3,4)5)37-39(38)41(48)45-35-33-31-29-27-25-23-21-19-17-15-13-11-9-7-2/h38-39H,6-37H2,1-5H3,(H,44,47)(H,45,48)/t38-,39-/m1/s1. The fourth-order valence-corrected chi connectivity index (χ4v) is 7.14. The first-order valence-corrected chi connectivity index (χ1v) is 21.7. The van der Waals surface area contributed by atoms with Crippen LogP contribution in [0.15, 0.2) is 0 Å².